The molecule has 0 amide bonds. The number of hydrogen-bond donors (Lipinski definition) is 0. The summed E-state index contributed by atoms with van der Waals surface area (Å²) < 4.78 is 5.84. The second-order valence-electron chi connectivity index (χ2n) is 8.21. The van der Waals surface area contributed by atoms with Crippen molar-refractivity contribution in [1.29, 1.82) is 0 Å². The summed E-state index contributed by atoms with van der Waals surface area (Å²) in [6.45, 7) is 0. The first kappa shape index (κ1) is 20.5. The first-order valence-corrected chi connectivity index (χ1v) is 15.4. The van der Waals surface area contributed by atoms with E-state index in [1.54, 1.807) is 0 Å². The molecule has 0 heterocycles. The van der Waals surface area contributed by atoms with Gasteiger partial charge in [0.2, 0.25) is 0 Å². The van der Waals surface area contributed by atoms with E-state index < -0.39 is 13.3 Å². The van der Waals surface area contributed by atoms with Gasteiger partial charge in [-0.15, -0.1) is 0 Å². The standard InChI is InChI=1S/C31H26Ge/c1-5-13-26(14-6-1)25-27-21-23-31(24-22-27)32(28-15-7-2-8-16-28,29-17-9-3-10-18-29)30-19-11-4-12-20-30/h1-24H,25H2. The van der Waals surface area contributed by atoms with Crippen LogP contribution < -0.4 is 17.6 Å². The summed E-state index contributed by atoms with van der Waals surface area (Å²) in [7, 11) is 0. The van der Waals surface area contributed by atoms with E-state index in [2.05, 4.69) is 146 Å². The molecule has 0 fully saturated rings. The molecule has 0 unspecified atom stereocenters. The van der Waals surface area contributed by atoms with Gasteiger partial charge in [-0.05, 0) is 0 Å². The third-order valence-corrected chi connectivity index (χ3v) is 16.3. The molecule has 0 radical (unpaired) electrons. The van der Waals surface area contributed by atoms with Gasteiger partial charge in [-0.2, -0.15) is 0 Å². The van der Waals surface area contributed by atoms with Crippen LogP contribution in [0.1, 0.15) is 11.1 Å². The van der Waals surface area contributed by atoms with Gasteiger partial charge in [-0.25, -0.2) is 0 Å². The molecule has 0 aliphatic heterocycles. The minimum atomic E-state index is -3.13. The number of rotatable bonds is 6. The molecule has 0 saturated heterocycles. The molecule has 0 aromatic heterocycles. The summed E-state index contributed by atoms with van der Waals surface area (Å²) >= 11 is -3.13. The van der Waals surface area contributed by atoms with Crippen LogP contribution in [0, 0.1) is 0 Å². The first-order valence-electron chi connectivity index (χ1n) is 11.2. The average molecular weight is 471 g/mol. The Hall–Kier alpha value is -3.36. The average Bonchev–Trinajstić information content (AvgIpc) is 2.88. The van der Waals surface area contributed by atoms with E-state index in [9.17, 15) is 0 Å². The Morgan fingerprint density at radius 2 is 0.625 bits per heavy atom. The fourth-order valence-electron chi connectivity index (χ4n) is 4.77. The van der Waals surface area contributed by atoms with E-state index in [0.29, 0.717) is 0 Å². The molecular weight excluding hydrogens is 445 g/mol. The van der Waals surface area contributed by atoms with Gasteiger partial charge in [-0.1, -0.05) is 0 Å². The van der Waals surface area contributed by atoms with Crippen molar-refractivity contribution in [1.82, 2.24) is 0 Å². The van der Waals surface area contributed by atoms with Crippen molar-refractivity contribution in [2.75, 3.05) is 0 Å². The van der Waals surface area contributed by atoms with Crippen LogP contribution in [0.3, 0.4) is 0 Å². The fourth-order valence-corrected chi connectivity index (χ4v) is 14.7. The third-order valence-electron chi connectivity index (χ3n) is 6.26. The molecule has 0 spiro atoms. The molecule has 5 rings (SSSR count). The van der Waals surface area contributed by atoms with Crippen molar-refractivity contribution in [2.45, 2.75) is 6.42 Å². The van der Waals surface area contributed by atoms with Gasteiger partial charge in [0, 0.05) is 0 Å². The molecule has 0 aliphatic carbocycles. The van der Waals surface area contributed by atoms with Gasteiger partial charge in [0.25, 0.3) is 0 Å². The molecule has 0 aliphatic rings. The Bertz CT molecular complexity index is 1150. The molecular formula is C31H26Ge. The molecule has 0 bridgehead atoms. The summed E-state index contributed by atoms with van der Waals surface area (Å²) in [5.41, 5.74) is 2.70. The van der Waals surface area contributed by atoms with Gasteiger partial charge in [0.1, 0.15) is 0 Å². The molecule has 0 saturated carbocycles. The zero-order valence-corrected chi connectivity index (χ0v) is 20.2. The Morgan fingerprint density at radius 3 is 1.03 bits per heavy atom. The normalized spacial score (nSPS) is 11.2. The molecule has 1 heteroatoms. The zero-order chi connectivity index (χ0) is 21.6. The van der Waals surface area contributed by atoms with Crippen LogP contribution in [0.15, 0.2) is 146 Å². The van der Waals surface area contributed by atoms with Crippen molar-refractivity contribution in [3.63, 3.8) is 0 Å². The summed E-state index contributed by atoms with van der Waals surface area (Å²) in [6.07, 6.45) is 0.961. The van der Waals surface area contributed by atoms with E-state index in [1.165, 1.54) is 28.7 Å². The van der Waals surface area contributed by atoms with Gasteiger partial charge in [0.05, 0.1) is 0 Å². The van der Waals surface area contributed by atoms with Crippen LogP contribution in [0.25, 0.3) is 0 Å². The van der Waals surface area contributed by atoms with Crippen LogP contribution in [0.2, 0.25) is 0 Å². The quantitative estimate of drug-likeness (QED) is 0.317. The van der Waals surface area contributed by atoms with Crippen molar-refractivity contribution >= 4 is 30.8 Å². The van der Waals surface area contributed by atoms with Gasteiger partial charge < -0.3 is 0 Å². The zero-order valence-electron chi connectivity index (χ0n) is 18.1. The monoisotopic (exact) mass is 472 g/mol. The van der Waals surface area contributed by atoms with Crippen LogP contribution in [-0.4, -0.2) is 13.3 Å². The first-order chi connectivity index (χ1) is 15.9. The predicted molar refractivity (Wildman–Crippen MR) is 139 cm³/mol. The van der Waals surface area contributed by atoms with Gasteiger partial charge in [0.15, 0.2) is 0 Å². The Balaban J connectivity index is 1.70. The van der Waals surface area contributed by atoms with Crippen molar-refractivity contribution in [3.8, 4) is 0 Å². The summed E-state index contributed by atoms with van der Waals surface area (Å²) in [5, 5.41) is 0. The van der Waals surface area contributed by atoms with Gasteiger partial charge in [-0.3, -0.25) is 0 Å². The second kappa shape index (κ2) is 9.42. The Morgan fingerprint density at radius 1 is 0.312 bits per heavy atom. The minimum absolute atomic E-state index is 0.961. The SMILES string of the molecule is c1ccc(Cc2cc[c]([Ge]([c]3ccccc3)([c]3ccccc3)[c]3ccccc3)cc2)cc1. The summed E-state index contributed by atoms with van der Waals surface area (Å²) in [5.74, 6) is 0. The van der Waals surface area contributed by atoms with Crippen LogP contribution >= 0.6 is 0 Å². The van der Waals surface area contributed by atoms with Crippen LogP contribution in [0.5, 0.6) is 0 Å². The number of benzene rings is 5. The fraction of sp³-hybridized carbons (Fsp3) is 0.0323. The molecule has 5 aromatic carbocycles. The molecule has 154 valence electrons. The second-order valence-corrected chi connectivity index (χ2v) is 16.2. The van der Waals surface area contributed by atoms with Crippen molar-refractivity contribution in [2.24, 2.45) is 0 Å². The molecule has 0 N–H and O–H groups in total. The molecule has 32 heavy (non-hydrogen) atoms. The van der Waals surface area contributed by atoms with Crippen LogP contribution in [0.4, 0.5) is 0 Å². The van der Waals surface area contributed by atoms with Crippen molar-refractivity contribution < 1.29 is 0 Å². The van der Waals surface area contributed by atoms with E-state index in [0.717, 1.165) is 6.42 Å². The van der Waals surface area contributed by atoms with Gasteiger partial charge >= 0.3 is 194 Å². The van der Waals surface area contributed by atoms with Crippen LogP contribution in [-0.2, 0) is 6.42 Å². The molecule has 0 nitrogen and oxygen atoms in total. The summed E-state index contributed by atoms with van der Waals surface area (Å²) in [4.78, 5) is 0. The molecule has 0 atom stereocenters. The molecule has 5 aromatic rings. The van der Waals surface area contributed by atoms with Crippen molar-refractivity contribution in [3.05, 3.63) is 157 Å². The topological polar surface area (TPSA) is 0 Å². The van der Waals surface area contributed by atoms with E-state index in [4.69, 9.17) is 0 Å². The maximum absolute atomic E-state index is 3.13. The van der Waals surface area contributed by atoms with E-state index in [1.807, 2.05) is 0 Å². The van der Waals surface area contributed by atoms with E-state index in [-0.39, 0.29) is 0 Å². The summed E-state index contributed by atoms with van der Waals surface area (Å²) in [6, 6.07) is 53.6. The Kier molecular flexibility index (Phi) is 6.05. The van der Waals surface area contributed by atoms with E-state index >= 15 is 0 Å². The predicted octanol–water partition coefficient (Wildman–Crippen LogP) is 4.65. The maximum atomic E-state index is 2.39. The third kappa shape index (κ3) is 3.94. The number of hydrogen-bond acceptors (Lipinski definition) is 0. The Labute approximate surface area is 193 Å².